The number of hydrogen-bond acceptors (Lipinski definition) is 2. The summed E-state index contributed by atoms with van der Waals surface area (Å²) in [5, 5.41) is 10.3. The fraction of sp³-hybridized carbons (Fsp3) is 0.182. The van der Waals surface area contributed by atoms with Gasteiger partial charge in [-0.25, -0.2) is 0 Å². The van der Waals surface area contributed by atoms with Crippen molar-refractivity contribution in [3.63, 3.8) is 0 Å². The van der Waals surface area contributed by atoms with Crippen LogP contribution < -0.4 is 0 Å². The summed E-state index contributed by atoms with van der Waals surface area (Å²) in [7, 11) is 0. The number of phenolic OH excluding ortho intramolecular Hbond substituents is 1. The standard InChI is InChI=1S/C11H11NO2/c1-2-7-3-4-10(14)9-5-8(6-13)12-11(7)9/h3-6,12,14H,2H2,1H3. The van der Waals surface area contributed by atoms with Crippen LogP contribution in [0.2, 0.25) is 0 Å². The molecule has 0 atom stereocenters. The molecule has 14 heavy (non-hydrogen) atoms. The summed E-state index contributed by atoms with van der Waals surface area (Å²) in [6, 6.07) is 5.18. The fourth-order valence-electron chi connectivity index (χ4n) is 1.64. The molecule has 0 radical (unpaired) electrons. The van der Waals surface area contributed by atoms with Crippen molar-refractivity contribution in [1.29, 1.82) is 0 Å². The third-order valence-electron chi connectivity index (χ3n) is 2.39. The molecule has 0 aliphatic heterocycles. The molecule has 1 aromatic carbocycles. The molecule has 0 aliphatic rings. The van der Waals surface area contributed by atoms with E-state index in [1.165, 1.54) is 0 Å². The highest BCUT2D eigenvalue weighted by Gasteiger charge is 2.07. The molecule has 0 spiro atoms. The number of aldehydes is 1. The second-order valence-corrected chi connectivity index (χ2v) is 3.23. The van der Waals surface area contributed by atoms with Crippen LogP contribution in [0, 0.1) is 0 Å². The lowest BCUT2D eigenvalue weighted by Gasteiger charge is -2.00. The van der Waals surface area contributed by atoms with Crippen molar-refractivity contribution in [2.24, 2.45) is 0 Å². The molecule has 0 unspecified atom stereocenters. The van der Waals surface area contributed by atoms with E-state index < -0.39 is 0 Å². The van der Waals surface area contributed by atoms with Crippen molar-refractivity contribution in [2.75, 3.05) is 0 Å². The van der Waals surface area contributed by atoms with Crippen molar-refractivity contribution in [3.05, 3.63) is 29.5 Å². The smallest absolute Gasteiger partial charge is 0.166 e. The molecular weight excluding hydrogens is 178 g/mol. The lowest BCUT2D eigenvalue weighted by atomic mass is 10.1. The highest BCUT2D eigenvalue weighted by Crippen LogP contribution is 2.27. The van der Waals surface area contributed by atoms with Crippen LogP contribution in [0.25, 0.3) is 10.9 Å². The van der Waals surface area contributed by atoms with Crippen molar-refractivity contribution < 1.29 is 9.90 Å². The summed E-state index contributed by atoms with van der Waals surface area (Å²) in [5.74, 6) is 0.210. The number of carbonyl (C=O) groups is 1. The molecule has 1 aromatic heterocycles. The van der Waals surface area contributed by atoms with Gasteiger partial charge < -0.3 is 10.1 Å². The molecule has 72 valence electrons. The van der Waals surface area contributed by atoms with Gasteiger partial charge in [0, 0.05) is 5.39 Å². The minimum Gasteiger partial charge on any atom is -0.507 e. The van der Waals surface area contributed by atoms with E-state index in [0.717, 1.165) is 23.8 Å². The van der Waals surface area contributed by atoms with E-state index in [-0.39, 0.29) is 5.75 Å². The number of rotatable bonds is 2. The van der Waals surface area contributed by atoms with E-state index in [0.29, 0.717) is 11.1 Å². The summed E-state index contributed by atoms with van der Waals surface area (Å²) < 4.78 is 0. The SMILES string of the molecule is CCc1ccc(O)c2cc(C=O)[nH]c12. The zero-order valence-corrected chi connectivity index (χ0v) is 7.87. The zero-order chi connectivity index (χ0) is 10.1. The first kappa shape index (κ1) is 8.81. The number of carbonyl (C=O) groups excluding carboxylic acids is 1. The van der Waals surface area contributed by atoms with E-state index in [4.69, 9.17) is 0 Å². The minimum absolute atomic E-state index is 0.210. The average Bonchev–Trinajstić information content (AvgIpc) is 2.63. The monoisotopic (exact) mass is 189 g/mol. The van der Waals surface area contributed by atoms with Gasteiger partial charge in [0.15, 0.2) is 6.29 Å². The number of hydrogen-bond donors (Lipinski definition) is 2. The topological polar surface area (TPSA) is 53.1 Å². The van der Waals surface area contributed by atoms with Crippen molar-refractivity contribution in [3.8, 4) is 5.75 Å². The number of fused-ring (bicyclic) bond motifs is 1. The van der Waals surface area contributed by atoms with Gasteiger partial charge in [-0.3, -0.25) is 4.79 Å². The third kappa shape index (κ3) is 1.18. The molecule has 0 saturated heterocycles. The molecule has 3 heteroatoms. The van der Waals surface area contributed by atoms with Gasteiger partial charge in [-0.15, -0.1) is 0 Å². The molecule has 3 nitrogen and oxygen atoms in total. The Bertz CT molecular complexity index is 485. The van der Waals surface area contributed by atoms with Crippen molar-refractivity contribution in [1.82, 2.24) is 4.98 Å². The van der Waals surface area contributed by atoms with Gasteiger partial charge in [0.05, 0.1) is 11.2 Å². The molecule has 0 fully saturated rings. The molecule has 0 saturated carbocycles. The van der Waals surface area contributed by atoms with E-state index >= 15 is 0 Å². The van der Waals surface area contributed by atoms with Gasteiger partial charge in [0.2, 0.25) is 0 Å². The fourth-order valence-corrected chi connectivity index (χ4v) is 1.64. The minimum atomic E-state index is 0.210. The number of aromatic hydroxyl groups is 1. The Balaban J connectivity index is 2.81. The van der Waals surface area contributed by atoms with Gasteiger partial charge >= 0.3 is 0 Å². The molecular formula is C11H11NO2. The predicted octanol–water partition coefficient (Wildman–Crippen LogP) is 2.25. The highest BCUT2D eigenvalue weighted by molar-refractivity contribution is 5.93. The second-order valence-electron chi connectivity index (χ2n) is 3.23. The molecule has 2 N–H and O–H groups in total. The average molecular weight is 189 g/mol. The Kier molecular flexibility index (Phi) is 2.00. The van der Waals surface area contributed by atoms with Gasteiger partial charge in [0.25, 0.3) is 0 Å². The maximum atomic E-state index is 10.6. The Morgan fingerprint density at radius 1 is 1.50 bits per heavy atom. The maximum Gasteiger partial charge on any atom is 0.166 e. The van der Waals surface area contributed by atoms with Gasteiger partial charge in [-0.05, 0) is 24.1 Å². The summed E-state index contributed by atoms with van der Waals surface area (Å²) in [6.07, 6.45) is 1.62. The molecule has 0 bridgehead atoms. The molecule has 0 amide bonds. The van der Waals surface area contributed by atoms with Crippen LogP contribution in [0.15, 0.2) is 18.2 Å². The van der Waals surface area contributed by atoms with Crippen molar-refractivity contribution >= 4 is 17.2 Å². The number of aryl methyl sites for hydroxylation is 1. The van der Waals surface area contributed by atoms with E-state index in [9.17, 15) is 9.90 Å². The summed E-state index contributed by atoms with van der Waals surface area (Å²) >= 11 is 0. The first-order valence-electron chi connectivity index (χ1n) is 4.55. The largest absolute Gasteiger partial charge is 0.507 e. The number of aromatic amines is 1. The van der Waals surface area contributed by atoms with Crippen LogP contribution in [-0.4, -0.2) is 16.4 Å². The zero-order valence-electron chi connectivity index (χ0n) is 7.87. The number of nitrogens with one attached hydrogen (secondary N) is 1. The van der Waals surface area contributed by atoms with E-state index in [2.05, 4.69) is 4.98 Å². The predicted molar refractivity (Wildman–Crippen MR) is 54.7 cm³/mol. The van der Waals surface area contributed by atoms with Gasteiger partial charge in [-0.1, -0.05) is 13.0 Å². The van der Waals surface area contributed by atoms with E-state index in [1.54, 1.807) is 12.1 Å². The molecule has 2 aromatic rings. The first-order valence-corrected chi connectivity index (χ1v) is 4.55. The number of benzene rings is 1. The van der Waals surface area contributed by atoms with Crippen LogP contribution >= 0.6 is 0 Å². The Labute approximate surface area is 81.4 Å². The third-order valence-corrected chi connectivity index (χ3v) is 2.39. The summed E-state index contributed by atoms with van der Waals surface area (Å²) in [6.45, 7) is 2.03. The normalized spacial score (nSPS) is 10.6. The van der Waals surface area contributed by atoms with Crippen LogP contribution in [0.1, 0.15) is 23.0 Å². The van der Waals surface area contributed by atoms with Crippen LogP contribution in [0.3, 0.4) is 0 Å². The van der Waals surface area contributed by atoms with Gasteiger partial charge in [0.1, 0.15) is 5.75 Å². The quantitative estimate of drug-likeness (QED) is 0.712. The first-order chi connectivity index (χ1) is 6.76. The summed E-state index contributed by atoms with van der Waals surface area (Å²) in [5.41, 5.74) is 2.46. The molecule has 2 rings (SSSR count). The Morgan fingerprint density at radius 2 is 2.29 bits per heavy atom. The maximum absolute atomic E-state index is 10.6. The molecule has 0 aliphatic carbocycles. The lowest BCUT2D eigenvalue weighted by Crippen LogP contribution is -1.83. The Morgan fingerprint density at radius 3 is 2.93 bits per heavy atom. The molecule has 1 heterocycles. The number of aromatic nitrogens is 1. The lowest BCUT2D eigenvalue weighted by molar-refractivity contribution is 0.112. The van der Waals surface area contributed by atoms with Crippen LogP contribution in [0.4, 0.5) is 0 Å². The summed E-state index contributed by atoms with van der Waals surface area (Å²) in [4.78, 5) is 13.6. The number of phenols is 1. The van der Waals surface area contributed by atoms with Crippen LogP contribution in [0.5, 0.6) is 5.75 Å². The highest BCUT2D eigenvalue weighted by atomic mass is 16.3. The van der Waals surface area contributed by atoms with Gasteiger partial charge in [-0.2, -0.15) is 0 Å². The van der Waals surface area contributed by atoms with E-state index in [1.807, 2.05) is 13.0 Å². The van der Waals surface area contributed by atoms with Crippen LogP contribution in [-0.2, 0) is 6.42 Å². The number of H-pyrrole nitrogens is 1. The van der Waals surface area contributed by atoms with Crippen molar-refractivity contribution in [2.45, 2.75) is 13.3 Å². The second kappa shape index (κ2) is 3.18. The Hall–Kier alpha value is -1.77.